The van der Waals surface area contributed by atoms with Crippen LogP contribution in [0.15, 0.2) is 6.20 Å². The van der Waals surface area contributed by atoms with Gasteiger partial charge in [0.15, 0.2) is 5.82 Å². The fourth-order valence-electron chi connectivity index (χ4n) is 3.20. The average molecular weight is 341 g/mol. The molecule has 0 aliphatic carbocycles. The maximum atomic E-state index is 6.32. The smallest absolute Gasteiger partial charge is 0.227 e. The molecule has 1 aromatic heterocycles. The van der Waals surface area contributed by atoms with Crippen molar-refractivity contribution in [2.24, 2.45) is 11.8 Å². The Morgan fingerprint density at radius 1 is 1.09 bits per heavy atom. The Hall–Kier alpha value is -1.11. The summed E-state index contributed by atoms with van der Waals surface area (Å²) < 4.78 is 10.9. The maximum absolute atomic E-state index is 6.32. The van der Waals surface area contributed by atoms with Gasteiger partial charge in [0.05, 0.1) is 19.4 Å². The van der Waals surface area contributed by atoms with E-state index in [1.54, 1.807) is 6.20 Å². The van der Waals surface area contributed by atoms with Gasteiger partial charge in [-0.2, -0.15) is 4.98 Å². The van der Waals surface area contributed by atoms with E-state index in [-0.39, 0.29) is 0 Å². The molecule has 2 aliphatic heterocycles. The van der Waals surface area contributed by atoms with Crippen LogP contribution in [0.3, 0.4) is 0 Å². The van der Waals surface area contributed by atoms with Gasteiger partial charge in [0.2, 0.25) is 5.95 Å². The molecule has 0 amide bonds. The molecule has 128 valence electrons. The molecule has 0 spiro atoms. The van der Waals surface area contributed by atoms with E-state index in [1.807, 2.05) is 14.1 Å². The van der Waals surface area contributed by atoms with Crippen LogP contribution in [0.4, 0.5) is 11.8 Å². The van der Waals surface area contributed by atoms with Crippen LogP contribution in [-0.2, 0) is 9.47 Å². The minimum absolute atomic E-state index is 0.544. The lowest BCUT2D eigenvalue weighted by molar-refractivity contribution is 0.186. The summed E-state index contributed by atoms with van der Waals surface area (Å²) in [6.45, 7) is 5.16. The van der Waals surface area contributed by atoms with Gasteiger partial charge in [-0.1, -0.05) is 11.6 Å². The first-order chi connectivity index (χ1) is 11.1. The summed E-state index contributed by atoms with van der Waals surface area (Å²) in [7, 11) is 4.05. The van der Waals surface area contributed by atoms with E-state index in [0.29, 0.717) is 22.8 Å². The average Bonchev–Trinajstić information content (AvgIpc) is 3.21. The van der Waals surface area contributed by atoms with Crippen molar-refractivity contribution in [1.82, 2.24) is 9.97 Å². The molecule has 0 bridgehead atoms. The fourth-order valence-corrected chi connectivity index (χ4v) is 3.43. The zero-order valence-electron chi connectivity index (χ0n) is 13.9. The molecular formula is C16H25ClN4O2. The summed E-state index contributed by atoms with van der Waals surface area (Å²) in [6, 6.07) is 0. The monoisotopic (exact) mass is 340 g/mol. The molecule has 0 radical (unpaired) electrons. The molecule has 23 heavy (non-hydrogen) atoms. The number of hydrogen-bond acceptors (Lipinski definition) is 6. The van der Waals surface area contributed by atoms with Crippen LogP contribution in [0, 0.1) is 11.8 Å². The summed E-state index contributed by atoms with van der Waals surface area (Å²) in [4.78, 5) is 13.3. The van der Waals surface area contributed by atoms with Crippen LogP contribution in [0.1, 0.15) is 12.8 Å². The van der Waals surface area contributed by atoms with Gasteiger partial charge < -0.3 is 19.3 Å². The molecule has 0 unspecified atom stereocenters. The van der Waals surface area contributed by atoms with E-state index in [0.717, 1.165) is 58.2 Å². The zero-order valence-corrected chi connectivity index (χ0v) is 14.6. The summed E-state index contributed by atoms with van der Waals surface area (Å²) in [5, 5.41) is 0.591. The predicted octanol–water partition coefficient (Wildman–Crippen LogP) is 2.08. The molecule has 2 aliphatic rings. The maximum Gasteiger partial charge on any atom is 0.227 e. The van der Waals surface area contributed by atoms with Crippen LogP contribution >= 0.6 is 11.6 Å². The molecule has 1 aromatic rings. The van der Waals surface area contributed by atoms with E-state index in [9.17, 15) is 0 Å². The second kappa shape index (κ2) is 7.64. The van der Waals surface area contributed by atoms with Gasteiger partial charge in [-0.05, 0) is 12.8 Å². The summed E-state index contributed by atoms with van der Waals surface area (Å²) in [6.07, 6.45) is 3.90. The van der Waals surface area contributed by atoms with Crippen molar-refractivity contribution in [2.45, 2.75) is 12.8 Å². The highest BCUT2D eigenvalue weighted by Crippen LogP contribution is 2.26. The second-order valence-corrected chi connectivity index (χ2v) is 6.97. The standard InChI is InChI=1S/C16H25ClN4O2/c1-20(8-12-3-5-22-10-12)15-14(17)7-18-16(19-15)21(2)9-13-4-6-23-11-13/h7,12-13H,3-6,8-11H2,1-2H3/t12-,13+/m0/s1. The van der Waals surface area contributed by atoms with E-state index >= 15 is 0 Å². The minimum atomic E-state index is 0.544. The normalized spacial score (nSPS) is 24.1. The van der Waals surface area contributed by atoms with Gasteiger partial charge in [-0.15, -0.1) is 0 Å². The van der Waals surface area contributed by atoms with Crippen LogP contribution in [0.5, 0.6) is 0 Å². The van der Waals surface area contributed by atoms with Gasteiger partial charge >= 0.3 is 0 Å². The third-order valence-electron chi connectivity index (χ3n) is 4.53. The van der Waals surface area contributed by atoms with Crippen molar-refractivity contribution < 1.29 is 9.47 Å². The number of hydrogen-bond donors (Lipinski definition) is 0. The number of halogens is 1. The molecule has 3 heterocycles. The largest absolute Gasteiger partial charge is 0.381 e. The third kappa shape index (κ3) is 4.25. The summed E-state index contributed by atoms with van der Waals surface area (Å²) in [5.41, 5.74) is 0. The highest BCUT2D eigenvalue weighted by Gasteiger charge is 2.22. The quantitative estimate of drug-likeness (QED) is 0.790. The van der Waals surface area contributed by atoms with E-state index in [2.05, 4.69) is 19.8 Å². The van der Waals surface area contributed by atoms with Crippen LogP contribution in [0.2, 0.25) is 5.02 Å². The molecule has 2 atom stereocenters. The van der Waals surface area contributed by atoms with Gasteiger partial charge in [-0.3, -0.25) is 0 Å². The lowest BCUT2D eigenvalue weighted by Crippen LogP contribution is -2.30. The Bertz CT molecular complexity index is 519. The predicted molar refractivity (Wildman–Crippen MR) is 91.4 cm³/mol. The first kappa shape index (κ1) is 16.7. The van der Waals surface area contributed by atoms with E-state index in [1.165, 1.54) is 0 Å². The van der Waals surface area contributed by atoms with Crippen LogP contribution < -0.4 is 9.80 Å². The highest BCUT2D eigenvalue weighted by atomic mass is 35.5. The van der Waals surface area contributed by atoms with Crippen LogP contribution in [0.25, 0.3) is 0 Å². The molecule has 3 rings (SSSR count). The molecule has 2 saturated heterocycles. The first-order valence-electron chi connectivity index (χ1n) is 8.23. The Balaban J connectivity index is 1.67. The minimum Gasteiger partial charge on any atom is -0.381 e. The van der Waals surface area contributed by atoms with E-state index in [4.69, 9.17) is 21.1 Å². The number of ether oxygens (including phenoxy) is 2. The van der Waals surface area contributed by atoms with Gasteiger partial charge in [0.25, 0.3) is 0 Å². The summed E-state index contributed by atoms with van der Waals surface area (Å²) >= 11 is 6.32. The van der Waals surface area contributed by atoms with Gasteiger partial charge in [-0.25, -0.2) is 4.98 Å². The van der Waals surface area contributed by atoms with Crippen LogP contribution in [-0.4, -0.2) is 63.6 Å². The Morgan fingerprint density at radius 3 is 2.26 bits per heavy atom. The Kier molecular flexibility index (Phi) is 5.56. The zero-order chi connectivity index (χ0) is 16.2. The topological polar surface area (TPSA) is 50.7 Å². The van der Waals surface area contributed by atoms with Crippen molar-refractivity contribution in [3.63, 3.8) is 0 Å². The first-order valence-corrected chi connectivity index (χ1v) is 8.61. The lowest BCUT2D eigenvalue weighted by Gasteiger charge is -2.25. The Labute approximate surface area is 142 Å². The van der Waals surface area contributed by atoms with Crippen molar-refractivity contribution in [1.29, 1.82) is 0 Å². The molecule has 0 aromatic carbocycles. The molecule has 0 N–H and O–H groups in total. The third-order valence-corrected chi connectivity index (χ3v) is 4.79. The second-order valence-electron chi connectivity index (χ2n) is 6.56. The molecular weight excluding hydrogens is 316 g/mol. The van der Waals surface area contributed by atoms with Crippen molar-refractivity contribution in [2.75, 3.05) is 63.4 Å². The SMILES string of the molecule is CN(C[C@H]1CCOC1)c1ncc(Cl)c(N(C)C[C@@H]2CCOC2)n1. The van der Waals surface area contributed by atoms with Crippen molar-refractivity contribution >= 4 is 23.4 Å². The number of rotatable bonds is 6. The number of aromatic nitrogens is 2. The molecule has 6 nitrogen and oxygen atoms in total. The van der Waals surface area contributed by atoms with Gasteiger partial charge in [0.1, 0.15) is 5.02 Å². The number of nitrogens with zero attached hydrogens (tertiary/aromatic N) is 4. The highest BCUT2D eigenvalue weighted by molar-refractivity contribution is 6.32. The fraction of sp³-hybridized carbons (Fsp3) is 0.750. The molecule has 7 heteroatoms. The lowest BCUT2D eigenvalue weighted by atomic mass is 10.1. The van der Waals surface area contributed by atoms with Gasteiger partial charge in [0, 0.05) is 52.2 Å². The van der Waals surface area contributed by atoms with E-state index < -0.39 is 0 Å². The summed E-state index contributed by atoms with van der Waals surface area (Å²) in [5.74, 6) is 2.60. The van der Waals surface area contributed by atoms with Crippen molar-refractivity contribution in [3.05, 3.63) is 11.2 Å². The van der Waals surface area contributed by atoms with Crippen molar-refractivity contribution in [3.8, 4) is 0 Å². The molecule has 2 fully saturated rings. The molecule has 0 saturated carbocycles. The number of anilines is 2. The Morgan fingerprint density at radius 2 is 1.70 bits per heavy atom.